The van der Waals surface area contributed by atoms with E-state index in [1.54, 1.807) is 77.9 Å². The van der Waals surface area contributed by atoms with Crippen LogP contribution in [0.1, 0.15) is 80.8 Å². The van der Waals surface area contributed by atoms with Gasteiger partial charge < -0.3 is 14.2 Å². The van der Waals surface area contributed by atoms with Gasteiger partial charge in [-0.15, -0.1) is 0 Å². The minimum atomic E-state index is -1.07. The van der Waals surface area contributed by atoms with Crippen molar-refractivity contribution in [3.63, 3.8) is 0 Å². The maximum Gasteiger partial charge on any atom is 0.420 e. The molecule has 1 fully saturated rings. The number of carbonyl (C=O) groups excluding carboxylic acids is 4. The minimum Gasteiger partial charge on any atom is -0.490 e. The Morgan fingerprint density at radius 1 is 0.955 bits per heavy atom. The first-order valence-corrected chi connectivity index (χ1v) is 14.8. The molecular formula is C31H33BrN4O8. The van der Waals surface area contributed by atoms with Gasteiger partial charge in [-0.1, -0.05) is 28.1 Å². The Labute approximate surface area is 261 Å². The van der Waals surface area contributed by atoms with Gasteiger partial charge in [0.1, 0.15) is 23.6 Å². The predicted octanol–water partition coefficient (Wildman–Crippen LogP) is 5.57. The number of halogens is 1. The van der Waals surface area contributed by atoms with Crippen molar-refractivity contribution >= 4 is 50.7 Å². The third kappa shape index (κ3) is 6.19. The number of hydrogen-bond donors (Lipinski definition) is 1. The lowest BCUT2D eigenvalue weighted by Gasteiger charge is -2.33. The second kappa shape index (κ2) is 11.0. The van der Waals surface area contributed by atoms with Gasteiger partial charge in [0.25, 0.3) is 17.4 Å². The Balaban J connectivity index is 1.46. The molecule has 2 heterocycles. The minimum absolute atomic E-state index is 0.131. The Kier molecular flexibility index (Phi) is 7.81. The van der Waals surface area contributed by atoms with Crippen LogP contribution in [0.15, 0.2) is 45.7 Å². The lowest BCUT2D eigenvalue weighted by atomic mass is 10.1. The summed E-state index contributed by atoms with van der Waals surface area (Å²) in [5.74, 6) is -0.766. The van der Waals surface area contributed by atoms with Crippen LogP contribution in [0.2, 0.25) is 0 Å². The zero-order chi connectivity index (χ0) is 32.2. The molecular weight excluding hydrogens is 636 g/mol. The summed E-state index contributed by atoms with van der Waals surface area (Å²) in [5.41, 5.74) is -2.51. The number of imide groups is 2. The summed E-state index contributed by atoms with van der Waals surface area (Å²) in [5, 5.41) is 7.09. The molecule has 2 aromatic carbocycles. The van der Waals surface area contributed by atoms with Crippen LogP contribution < -0.4 is 10.3 Å². The van der Waals surface area contributed by atoms with Crippen LogP contribution in [0.5, 0.6) is 5.75 Å². The normalized spacial score (nSPS) is 15.7. The fourth-order valence-electron chi connectivity index (χ4n) is 4.91. The maximum absolute atomic E-state index is 13.3. The fourth-order valence-corrected chi connectivity index (χ4v) is 5.35. The lowest BCUT2D eigenvalue weighted by Crippen LogP contribution is -2.52. The number of aromatic nitrogens is 2. The summed E-state index contributed by atoms with van der Waals surface area (Å²) < 4.78 is 17.8. The number of nitrogens with zero attached hydrogens (tertiary/aromatic N) is 3. The van der Waals surface area contributed by atoms with Gasteiger partial charge in [0.2, 0.25) is 0 Å². The van der Waals surface area contributed by atoms with Gasteiger partial charge in [-0.05, 0) is 78.6 Å². The Bertz CT molecular complexity index is 1690. The maximum atomic E-state index is 13.3. The van der Waals surface area contributed by atoms with Crippen LogP contribution in [-0.2, 0) is 16.0 Å². The standard InChI is InChI=1S/C31H33BrN4O8/c1-29(2,3)43-27(40)36(28(41)44-30(4,5)6)31(11-12-31)16-42-22-14-17(32)13-20-21(33-34-24(37)23(20)22)15-35-25(38)18-9-7-8-10-19(18)26(35)39/h7-10,13-14H,11-12,15-16H2,1-6H3,(H,34,37). The molecule has 12 nitrogen and oxygen atoms in total. The predicted molar refractivity (Wildman–Crippen MR) is 162 cm³/mol. The lowest BCUT2D eigenvalue weighted by molar-refractivity contribution is -0.0153. The quantitative estimate of drug-likeness (QED) is 0.333. The van der Waals surface area contributed by atoms with Crippen LogP contribution in [0.25, 0.3) is 10.8 Å². The molecule has 3 aromatic rings. The van der Waals surface area contributed by atoms with Crippen molar-refractivity contribution in [2.45, 2.75) is 77.7 Å². The van der Waals surface area contributed by atoms with Crippen molar-refractivity contribution in [1.82, 2.24) is 20.0 Å². The largest absolute Gasteiger partial charge is 0.490 e. The zero-order valence-electron chi connectivity index (χ0n) is 25.3. The first-order valence-electron chi connectivity index (χ1n) is 14.0. The number of amides is 4. The van der Waals surface area contributed by atoms with E-state index in [1.807, 2.05) is 0 Å². The van der Waals surface area contributed by atoms with Gasteiger partial charge in [0, 0.05) is 9.86 Å². The molecule has 0 atom stereocenters. The molecule has 1 aromatic heterocycles. The molecule has 0 unspecified atom stereocenters. The number of aromatic amines is 1. The van der Waals surface area contributed by atoms with E-state index in [4.69, 9.17) is 14.2 Å². The fraction of sp³-hybridized carbons (Fsp3) is 0.419. The van der Waals surface area contributed by atoms with Crippen molar-refractivity contribution in [3.05, 3.63) is 68.0 Å². The smallest absolute Gasteiger partial charge is 0.420 e. The summed E-state index contributed by atoms with van der Waals surface area (Å²) >= 11 is 3.45. The van der Waals surface area contributed by atoms with Gasteiger partial charge in [-0.25, -0.2) is 19.6 Å². The summed E-state index contributed by atoms with van der Waals surface area (Å²) in [6.45, 7) is 9.84. The monoisotopic (exact) mass is 668 g/mol. The molecule has 13 heteroatoms. The molecule has 0 spiro atoms. The van der Waals surface area contributed by atoms with E-state index in [9.17, 15) is 24.0 Å². The van der Waals surface area contributed by atoms with Crippen LogP contribution >= 0.6 is 15.9 Å². The highest BCUT2D eigenvalue weighted by molar-refractivity contribution is 9.10. The van der Waals surface area contributed by atoms with Gasteiger partial charge in [0.05, 0.1) is 34.3 Å². The number of fused-ring (bicyclic) bond motifs is 2. The average Bonchev–Trinajstić information content (AvgIpc) is 3.64. The van der Waals surface area contributed by atoms with Crippen molar-refractivity contribution in [3.8, 4) is 5.75 Å². The highest BCUT2D eigenvalue weighted by Crippen LogP contribution is 2.44. The van der Waals surface area contributed by atoms with Crippen LogP contribution in [0.4, 0.5) is 9.59 Å². The van der Waals surface area contributed by atoms with E-state index in [2.05, 4.69) is 26.1 Å². The number of benzene rings is 2. The summed E-state index contributed by atoms with van der Waals surface area (Å²) in [4.78, 5) is 67.7. The van der Waals surface area contributed by atoms with E-state index in [0.29, 0.717) is 33.8 Å². The number of hydrogen-bond acceptors (Lipinski definition) is 9. The van der Waals surface area contributed by atoms with Crippen LogP contribution in [0, 0.1) is 0 Å². The molecule has 5 rings (SSSR count). The van der Waals surface area contributed by atoms with E-state index in [-0.39, 0.29) is 30.0 Å². The summed E-state index contributed by atoms with van der Waals surface area (Å²) in [6, 6.07) is 9.77. The number of nitrogens with one attached hydrogen (secondary N) is 1. The molecule has 2 aliphatic rings. The highest BCUT2D eigenvalue weighted by Gasteiger charge is 2.56. The molecule has 4 amide bonds. The number of ether oxygens (including phenoxy) is 3. The molecule has 0 saturated heterocycles. The van der Waals surface area contributed by atoms with E-state index < -0.39 is 46.3 Å². The molecule has 232 valence electrons. The molecule has 0 radical (unpaired) electrons. The van der Waals surface area contributed by atoms with Crippen molar-refractivity contribution < 1.29 is 33.4 Å². The van der Waals surface area contributed by atoms with E-state index in [0.717, 1.165) is 9.80 Å². The zero-order valence-corrected chi connectivity index (χ0v) is 26.9. The number of carbonyl (C=O) groups is 4. The molecule has 1 aliphatic heterocycles. The van der Waals surface area contributed by atoms with Crippen LogP contribution in [0.3, 0.4) is 0 Å². The molecule has 1 N–H and O–H groups in total. The average molecular weight is 670 g/mol. The Hall–Kier alpha value is -4.26. The summed E-state index contributed by atoms with van der Waals surface area (Å²) in [7, 11) is 0. The molecule has 1 aliphatic carbocycles. The van der Waals surface area contributed by atoms with Gasteiger partial charge in [-0.2, -0.15) is 5.10 Å². The molecule has 1 saturated carbocycles. The third-order valence-electron chi connectivity index (χ3n) is 7.03. The Morgan fingerprint density at radius 3 is 2.00 bits per heavy atom. The first kappa shape index (κ1) is 31.2. The second-order valence-electron chi connectivity index (χ2n) is 12.9. The third-order valence-corrected chi connectivity index (χ3v) is 7.49. The van der Waals surface area contributed by atoms with E-state index >= 15 is 0 Å². The van der Waals surface area contributed by atoms with Gasteiger partial charge in [0.15, 0.2) is 0 Å². The molecule has 0 bridgehead atoms. The SMILES string of the molecule is CC(C)(C)OC(=O)N(C(=O)OC(C)(C)C)C1(COc2cc(Br)cc3c(CN4C(=O)c5ccccc5C4=O)n[nH]c(=O)c23)CC1. The highest BCUT2D eigenvalue weighted by atomic mass is 79.9. The Morgan fingerprint density at radius 2 is 1.50 bits per heavy atom. The topological polar surface area (TPSA) is 148 Å². The van der Waals surface area contributed by atoms with Crippen molar-refractivity contribution in [2.24, 2.45) is 0 Å². The number of rotatable bonds is 6. The van der Waals surface area contributed by atoms with Gasteiger partial charge in [-0.3, -0.25) is 19.3 Å². The molecule has 44 heavy (non-hydrogen) atoms. The number of H-pyrrole nitrogens is 1. The van der Waals surface area contributed by atoms with Crippen LogP contribution in [-0.4, -0.2) is 67.3 Å². The van der Waals surface area contributed by atoms with E-state index in [1.165, 1.54) is 0 Å². The summed E-state index contributed by atoms with van der Waals surface area (Å²) in [6.07, 6.45) is -0.866. The first-order chi connectivity index (χ1) is 20.5. The van der Waals surface area contributed by atoms with Crippen molar-refractivity contribution in [2.75, 3.05) is 6.61 Å². The van der Waals surface area contributed by atoms with Gasteiger partial charge >= 0.3 is 12.2 Å². The second-order valence-corrected chi connectivity index (χ2v) is 13.8. The van der Waals surface area contributed by atoms with Crippen molar-refractivity contribution in [1.29, 1.82) is 0 Å².